The molecule has 1 unspecified atom stereocenters. The van der Waals surface area contributed by atoms with Gasteiger partial charge >= 0.3 is 177 Å². The molecule has 22 heterocycles. The fraction of sp³-hybridized carbons (Fsp3) is 0.359. The summed E-state index contributed by atoms with van der Waals surface area (Å²) in [4.78, 5) is 25.6. The monoisotopic (exact) mass is 2190 g/mol. The first-order valence-electron chi connectivity index (χ1n) is 44.0. The number of fused-ring (bicyclic) bond motifs is 2. The summed E-state index contributed by atoms with van der Waals surface area (Å²) >= 11 is 0. The third-order valence-electron chi connectivity index (χ3n) is 22.1. The van der Waals surface area contributed by atoms with E-state index in [4.69, 9.17) is 28.4 Å². The first-order chi connectivity index (χ1) is 65.0. The smallest absolute Gasteiger partial charge is 0.312 e. The maximum Gasteiger partial charge on any atom is 0.312 e. The average Bonchev–Trinajstić information content (AvgIpc) is 0.802. The summed E-state index contributed by atoms with van der Waals surface area (Å²) < 4.78 is 342. The maximum atomic E-state index is 13.1. The van der Waals surface area contributed by atoms with Gasteiger partial charge in [0.1, 0.15) is 24.7 Å². The standard InChI is InChI=1S/C56H68NO8S2.C36H32N4.5F6P/c58-53(15-6-1-10-48-24-34-66-67-48)64-27-8-25-57-51-13-4-2-11-49(51)54(50-12-3-5-14-52(50)57)45-18-22-47(23-19-45)63-33-31-61-29-28-60-30-32-62-46-20-16-41(17-21-46)9-7-26-65-55(59)56-38-42-35-43(39-56)37-44(36-42)40-56;1-2-30-4-3-29(1)25-37-17-9-33(10-18-37)35-13-21-39(22-14-35)27-31-5-7-32(8-6-31)28-40-23-15-36(16-24-40)34-11-19-38(26-30)20-12-34;5*1-7(2,3,4,5)6/h2-5,11-14,16-23,42-44,48H,1,6-10,15,24-40H2;1-24H,25-28H2;;;;;/q+1;+4;5*-1. The minimum Gasteiger partial charge on any atom is -0.491 e. The van der Waals surface area contributed by atoms with Crippen molar-refractivity contribution in [2.24, 2.45) is 23.2 Å². The Kier molecular flexibility index (Phi) is 33.9. The van der Waals surface area contributed by atoms with Crippen LogP contribution in [0, 0.1) is 23.2 Å². The number of carbonyl (C=O) groups excluding carboxylic acids is 2. The van der Waals surface area contributed by atoms with Crippen molar-refractivity contribution in [3.63, 3.8) is 0 Å². The van der Waals surface area contributed by atoms with E-state index in [1.54, 1.807) is 0 Å². The van der Waals surface area contributed by atoms with Crippen molar-refractivity contribution >= 4 is 94.4 Å². The van der Waals surface area contributed by atoms with Gasteiger partial charge in [-0.05, 0) is 158 Å². The number of aryl methyl sites for hydroxylation is 2. The minimum absolute atomic E-state index is 0.0802. The maximum absolute atomic E-state index is 13.1. The second-order valence-corrected chi connectivity index (χ2v) is 47.1. The molecule has 788 valence electrons. The molecule has 50 heteroatoms. The third-order valence-corrected chi connectivity index (χ3v) is 25.1. The number of rotatable bonds is 26. The Morgan fingerprint density at radius 2 is 0.669 bits per heavy atom. The molecule has 0 radical (unpaired) electrons. The van der Waals surface area contributed by atoms with Gasteiger partial charge < -0.3 is 28.4 Å². The predicted octanol–water partition coefficient (Wildman–Crippen LogP) is 33.4. The van der Waals surface area contributed by atoms with Crippen LogP contribution in [0.1, 0.15) is 111 Å². The van der Waals surface area contributed by atoms with Gasteiger partial charge in [-0.3, -0.25) is 9.59 Å². The normalized spacial score (nSPS) is 19.5. The number of para-hydroxylation sites is 2. The number of unbranched alkanes of at least 4 members (excludes halogenated alkanes) is 1. The number of carbonyl (C=O) groups is 2. The topological polar surface area (TPSA) is 109 Å². The molecule has 0 amide bonds. The summed E-state index contributed by atoms with van der Waals surface area (Å²) in [6.07, 6.45) is 32.0. The zero-order valence-electron chi connectivity index (χ0n) is 75.1. The zero-order valence-corrected chi connectivity index (χ0v) is 81.2. The number of pyridine rings is 5. The van der Waals surface area contributed by atoms with Gasteiger partial charge in [0.15, 0.2) is 82.3 Å². The van der Waals surface area contributed by atoms with Crippen LogP contribution < -0.4 is 32.3 Å². The molecule has 6 aromatic carbocycles. The van der Waals surface area contributed by atoms with Gasteiger partial charge in [0.05, 0.1) is 55.8 Å². The molecule has 5 fully saturated rings. The van der Waals surface area contributed by atoms with Crippen LogP contribution in [0.15, 0.2) is 244 Å². The number of hydrogen-bond acceptors (Lipinski definition) is 10. The van der Waals surface area contributed by atoms with Gasteiger partial charge in [-0.2, -0.15) is 4.57 Å². The Labute approximate surface area is 803 Å². The van der Waals surface area contributed by atoms with Crippen molar-refractivity contribution in [1.82, 2.24) is 0 Å². The SMILES string of the molecule is F[P-](F)(F)(F)(F)F.F[P-](F)(F)(F)(F)F.F[P-](F)(F)(F)(F)F.F[P-](F)(F)(F)(F)F.F[P-](F)(F)(F)(F)F.O=C(CCCCC1CCSS1)OCCC[n+]1c2ccccc2c(-c2ccc(OCCOCCOCCOc3ccc(CCCOC(=O)C45CC6CC(CC(C6)C4)C5)cc3)cc2)c2ccccc21.c1cc2ccc1C[n+]1ccc(cc1)-c1cc[n+](cc1)Cc1ccc(cc1)C[n+]1ccc(cc1)-c1cc[n+](cc1)C2. The largest absolute Gasteiger partial charge is 0.491 e. The summed E-state index contributed by atoms with van der Waals surface area (Å²) in [7, 11) is -49.3. The molecule has 0 spiro atoms. The van der Waals surface area contributed by atoms with Crippen LogP contribution in [0.4, 0.5) is 126 Å². The molecule has 11 aromatic rings. The van der Waals surface area contributed by atoms with Gasteiger partial charge in [0, 0.05) is 112 Å². The van der Waals surface area contributed by atoms with E-state index in [9.17, 15) is 135 Å². The molecule has 1 saturated heterocycles. The first-order valence-corrected chi connectivity index (χ1v) is 56.5. The fourth-order valence-corrected chi connectivity index (χ4v) is 19.9. The Hall–Kier alpha value is -9.20. The van der Waals surface area contributed by atoms with Crippen LogP contribution in [0.3, 0.4) is 0 Å². The van der Waals surface area contributed by atoms with Crippen molar-refractivity contribution in [2.45, 2.75) is 128 Å². The molecule has 32 rings (SSSR count). The van der Waals surface area contributed by atoms with Crippen molar-refractivity contribution in [3.8, 4) is 44.9 Å². The summed E-state index contributed by atoms with van der Waals surface area (Å²) in [5.41, 5.74) is 15.8. The minimum atomic E-state index is -10.7. The van der Waals surface area contributed by atoms with Gasteiger partial charge in [-0.25, -0.2) is 18.3 Å². The quantitative estimate of drug-likeness (QED) is 0.00989. The number of halogens is 30. The summed E-state index contributed by atoms with van der Waals surface area (Å²) in [6, 6.07) is 69.1. The van der Waals surface area contributed by atoms with Crippen LogP contribution in [-0.2, 0) is 67.7 Å². The van der Waals surface area contributed by atoms with E-state index in [0.717, 1.165) is 135 Å². The Bertz CT molecular complexity index is 5500. The van der Waals surface area contributed by atoms with E-state index < -0.39 is 39.0 Å². The number of hydrogen-bond donors (Lipinski definition) is 0. The van der Waals surface area contributed by atoms with Gasteiger partial charge in [-0.15, -0.1) is 0 Å². The third kappa shape index (κ3) is 49.6. The van der Waals surface area contributed by atoms with Crippen molar-refractivity contribution < 1.29 is 187 Å². The number of benzene rings is 6. The zero-order chi connectivity index (χ0) is 104. The number of ether oxygens (including phenoxy) is 6. The van der Waals surface area contributed by atoms with E-state index in [2.05, 4.69) is 242 Å². The molecule has 5 aromatic heterocycles. The van der Waals surface area contributed by atoms with Gasteiger partial charge in [0.25, 0.3) is 0 Å². The molecular weight excluding hydrogens is 2090 g/mol. The van der Waals surface area contributed by atoms with Crippen molar-refractivity contribution in [1.29, 1.82) is 0 Å². The van der Waals surface area contributed by atoms with Crippen LogP contribution in [0.2, 0.25) is 0 Å². The van der Waals surface area contributed by atoms with Gasteiger partial charge in [0.2, 0.25) is 11.0 Å². The number of nitrogens with zero attached hydrogens (tertiary/aromatic N) is 5. The summed E-state index contributed by atoms with van der Waals surface area (Å²) in [5, 5.41) is 3.11. The second kappa shape index (κ2) is 42.0. The van der Waals surface area contributed by atoms with Crippen LogP contribution in [0.25, 0.3) is 55.2 Å². The van der Waals surface area contributed by atoms with E-state index in [-0.39, 0.29) is 17.4 Å². The van der Waals surface area contributed by atoms with E-state index >= 15 is 0 Å². The van der Waals surface area contributed by atoms with Crippen LogP contribution >= 0.6 is 60.6 Å². The number of aromatic nitrogens is 5. The molecule has 4 saturated carbocycles. The second-order valence-electron chi connectivity index (χ2n) is 34.7. The predicted molar refractivity (Wildman–Crippen MR) is 490 cm³/mol. The molecule has 17 aliphatic heterocycles. The molecule has 21 aliphatic rings. The van der Waals surface area contributed by atoms with E-state index in [0.29, 0.717) is 59.3 Å². The molecule has 4 aliphatic carbocycles. The molecular formula is C92H100F30N5O8P5S2. The molecule has 1 atom stereocenters. The molecule has 16 bridgehead atoms. The molecule has 142 heavy (non-hydrogen) atoms. The van der Waals surface area contributed by atoms with Crippen LogP contribution in [-0.4, -0.2) is 75.8 Å². The summed E-state index contributed by atoms with van der Waals surface area (Å²) in [5.74, 6) is 5.12. The summed E-state index contributed by atoms with van der Waals surface area (Å²) in [6.45, 7) is 7.89. The van der Waals surface area contributed by atoms with E-state index in [1.807, 2.05) is 45.9 Å². The van der Waals surface area contributed by atoms with E-state index in [1.165, 1.54) is 104 Å². The molecule has 0 N–H and O–H groups in total. The van der Waals surface area contributed by atoms with Crippen molar-refractivity contribution in [3.05, 3.63) is 272 Å². The number of esters is 2. The molecule has 13 nitrogen and oxygen atoms in total. The Balaban J connectivity index is 0.000000230. The van der Waals surface area contributed by atoms with Crippen molar-refractivity contribution in [2.75, 3.05) is 58.6 Å². The average molecular weight is 2190 g/mol. The van der Waals surface area contributed by atoms with Crippen LogP contribution in [0.5, 0.6) is 11.5 Å². The fourth-order valence-electron chi connectivity index (χ4n) is 16.9. The van der Waals surface area contributed by atoms with Gasteiger partial charge in [-0.1, -0.05) is 125 Å². The first kappa shape index (κ1) is 115. The Morgan fingerprint density at radius 3 is 1.01 bits per heavy atom. The Morgan fingerprint density at radius 1 is 0.345 bits per heavy atom.